The summed E-state index contributed by atoms with van der Waals surface area (Å²) in [5.41, 5.74) is 0.976. The second kappa shape index (κ2) is 9.59. The zero-order valence-electron chi connectivity index (χ0n) is 23.5. The van der Waals surface area contributed by atoms with Gasteiger partial charge in [-0.05, 0) is 78.3 Å². The number of benzene rings is 1. The van der Waals surface area contributed by atoms with Crippen LogP contribution in [0.2, 0.25) is 0 Å². The van der Waals surface area contributed by atoms with Gasteiger partial charge in [0.05, 0.1) is 22.8 Å². The minimum absolute atomic E-state index is 0.0180. The maximum atomic E-state index is 13.6. The zero-order valence-corrected chi connectivity index (χ0v) is 23.5. The van der Waals surface area contributed by atoms with E-state index in [0.29, 0.717) is 5.82 Å². The van der Waals surface area contributed by atoms with Crippen LogP contribution in [-0.2, 0) is 18.8 Å². The van der Waals surface area contributed by atoms with Crippen LogP contribution in [0.15, 0.2) is 30.3 Å². The van der Waals surface area contributed by atoms with E-state index in [0.717, 1.165) is 29.6 Å². The zero-order chi connectivity index (χ0) is 27.3. The second-order valence-corrected chi connectivity index (χ2v) is 12.6. The van der Waals surface area contributed by atoms with E-state index >= 15 is 0 Å². The molecule has 1 saturated carbocycles. The van der Waals surface area contributed by atoms with Crippen molar-refractivity contribution in [2.24, 2.45) is 5.92 Å². The van der Waals surface area contributed by atoms with Crippen molar-refractivity contribution in [3.05, 3.63) is 41.6 Å². The van der Waals surface area contributed by atoms with Crippen LogP contribution < -0.4 is 10.8 Å². The molecule has 1 aromatic heterocycles. The van der Waals surface area contributed by atoms with Gasteiger partial charge in [-0.3, -0.25) is 4.79 Å². The Morgan fingerprint density at radius 2 is 1.73 bits per heavy atom. The van der Waals surface area contributed by atoms with Gasteiger partial charge in [0.15, 0.2) is 5.82 Å². The first-order chi connectivity index (χ1) is 17.1. The number of ether oxygens (including phenoxy) is 1. The van der Waals surface area contributed by atoms with E-state index in [4.69, 9.17) is 14.0 Å². The summed E-state index contributed by atoms with van der Waals surface area (Å²) in [6, 6.07) is 9.62. The highest BCUT2D eigenvalue weighted by atomic mass is 16.7. The fourth-order valence-corrected chi connectivity index (χ4v) is 4.50. The fourth-order valence-electron chi connectivity index (χ4n) is 4.50. The standard InChI is InChI=1S/C28H40BN3O5/c1-17(2)23(19-11-10-12-20(15-19)29-36-27(6,7)28(8,9)37-29)24(33)30-22-16-21(18-13-14-18)32(31-22)25(34)35-26(3,4)5/h10-12,15-18,23H,13-14H2,1-9H3,(H,30,31,33). The summed E-state index contributed by atoms with van der Waals surface area (Å²) >= 11 is 0. The van der Waals surface area contributed by atoms with E-state index in [9.17, 15) is 9.59 Å². The summed E-state index contributed by atoms with van der Waals surface area (Å²) in [4.78, 5) is 26.3. The summed E-state index contributed by atoms with van der Waals surface area (Å²) in [7, 11) is -0.508. The van der Waals surface area contributed by atoms with Gasteiger partial charge in [0.25, 0.3) is 0 Å². The average molecular weight is 509 g/mol. The van der Waals surface area contributed by atoms with Crippen LogP contribution in [0, 0.1) is 5.92 Å². The fraction of sp³-hybridized carbons (Fsp3) is 0.607. The normalized spacial score (nSPS) is 19.7. The summed E-state index contributed by atoms with van der Waals surface area (Å²) in [5, 5.41) is 7.37. The molecule has 1 N–H and O–H groups in total. The third-order valence-electron chi connectivity index (χ3n) is 7.29. The van der Waals surface area contributed by atoms with Crippen LogP contribution in [0.1, 0.15) is 98.2 Å². The Morgan fingerprint density at radius 3 is 2.27 bits per heavy atom. The molecule has 2 aliphatic rings. The van der Waals surface area contributed by atoms with E-state index in [2.05, 4.69) is 10.4 Å². The van der Waals surface area contributed by atoms with Gasteiger partial charge in [0.1, 0.15) is 5.60 Å². The molecule has 9 heteroatoms. The molecule has 1 unspecified atom stereocenters. The van der Waals surface area contributed by atoms with Crippen molar-refractivity contribution in [3.63, 3.8) is 0 Å². The number of nitrogens with zero attached hydrogens (tertiary/aromatic N) is 2. The van der Waals surface area contributed by atoms with Gasteiger partial charge in [0.2, 0.25) is 5.91 Å². The highest BCUT2D eigenvalue weighted by Crippen LogP contribution is 2.41. The quantitative estimate of drug-likeness (QED) is 0.537. The maximum Gasteiger partial charge on any atom is 0.494 e. The molecule has 1 saturated heterocycles. The van der Waals surface area contributed by atoms with Crippen molar-refractivity contribution in [1.82, 2.24) is 9.78 Å². The Hall–Kier alpha value is -2.65. The lowest BCUT2D eigenvalue weighted by Gasteiger charge is -2.32. The monoisotopic (exact) mass is 509 g/mol. The Morgan fingerprint density at radius 1 is 1.11 bits per heavy atom. The molecule has 0 bridgehead atoms. The Bertz CT molecular complexity index is 1160. The number of nitrogens with one attached hydrogen (secondary N) is 1. The van der Waals surface area contributed by atoms with Crippen LogP contribution in [0.5, 0.6) is 0 Å². The first-order valence-electron chi connectivity index (χ1n) is 13.2. The third-order valence-corrected chi connectivity index (χ3v) is 7.29. The van der Waals surface area contributed by atoms with Crippen LogP contribution in [0.25, 0.3) is 0 Å². The van der Waals surface area contributed by atoms with Crippen LogP contribution in [0.4, 0.5) is 10.6 Å². The number of hydrogen-bond acceptors (Lipinski definition) is 6. The molecule has 1 aromatic carbocycles. The van der Waals surface area contributed by atoms with Crippen molar-refractivity contribution in [3.8, 4) is 0 Å². The van der Waals surface area contributed by atoms with E-state index in [1.165, 1.54) is 4.68 Å². The van der Waals surface area contributed by atoms with E-state index in [-0.39, 0.29) is 17.7 Å². The molecule has 8 nitrogen and oxygen atoms in total. The molecule has 1 aliphatic heterocycles. The van der Waals surface area contributed by atoms with E-state index in [1.54, 1.807) is 6.07 Å². The van der Waals surface area contributed by atoms with E-state index < -0.39 is 35.9 Å². The van der Waals surface area contributed by atoms with Crippen molar-refractivity contribution in [2.45, 2.75) is 104 Å². The molecular formula is C28H40BN3O5. The smallest absolute Gasteiger partial charge is 0.442 e. The molecule has 2 aromatic rings. The number of hydrogen-bond donors (Lipinski definition) is 1. The van der Waals surface area contributed by atoms with Crippen molar-refractivity contribution in [1.29, 1.82) is 0 Å². The molecule has 200 valence electrons. The van der Waals surface area contributed by atoms with Crippen LogP contribution in [-0.4, -0.2) is 45.7 Å². The van der Waals surface area contributed by atoms with Gasteiger partial charge in [-0.1, -0.05) is 38.1 Å². The van der Waals surface area contributed by atoms with Gasteiger partial charge in [0, 0.05) is 12.0 Å². The number of carbonyl (C=O) groups is 2. The van der Waals surface area contributed by atoms with Crippen molar-refractivity contribution < 1.29 is 23.6 Å². The molecular weight excluding hydrogens is 469 g/mol. The SMILES string of the molecule is CC(C)C(C(=O)Nc1cc(C2CC2)n(C(=O)OC(C)(C)C)n1)c1cccc(B2OC(C)(C)C(C)(C)O2)c1. The molecule has 2 heterocycles. The number of anilines is 1. The minimum Gasteiger partial charge on any atom is -0.442 e. The highest BCUT2D eigenvalue weighted by molar-refractivity contribution is 6.62. The lowest BCUT2D eigenvalue weighted by atomic mass is 9.76. The molecule has 4 rings (SSSR count). The van der Waals surface area contributed by atoms with Gasteiger partial charge < -0.3 is 19.4 Å². The average Bonchev–Trinajstić information content (AvgIpc) is 3.46. The molecule has 1 atom stereocenters. The largest absolute Gasteiger partial charge is 0.494 e. The summed E-state index contributed by atoms with van der Waals surface area (Å²) in [6.45, 7) is 17.6. The first kappa shape index (κ1) is 27.4. The Labute approximate surface area is 220 Å². The number of amides is 1. The molecule has 37 heavy (non-hydrogen) atoms. The van der Waals surface area contributed by atoms with Gasteiger partial charge in [-0.2, -0.15) is 4.68 Å². The molecule has 2 fully saturated rings. The third kappa shape index (κ3) is 5.93. The van der Waals surface area contributed by atoms with Crippen LogP contribution >= 0.6 is 0 Å². The first-order valence-corrected chi connectivity index (χ1v) is 13.2. The Balaban J connectivity index is 1.56. The number of aromatic nitrogens is 2. The molecule has 0 radical (unpaired) electrons. The summed E-state index contributed by atoms with van der Waals surface area (Å²) in [6.07, 6.45) is 1.44. The lowest BCUT2D eigenvalue weighted by Crippen LogP contribution is -2.41. The second-order valence-electron chi connectivity index (χ2n) is 12.6. The summed E-state index contributed by atoms with van der Waals surface area (Å²) in [5.74, 6) is 0.00810. The number of carbonyl (C=O) groups excluding carboxylic acids is 2. The predicted molar refractivity (Wildman–Crippen MR) is 144 cm³/mol. The van der Waals surface area contributed by atoms with Crippen molar-refractivity contribution in [2.75, 3.05) is 5.32 Å². The molecule has 1 amide bonds. The lowest BCUT2D eigenvalue weighted by molar-refractivity contribution is -0.118. The topological polar surface area (TPSA) is 91.7 Å². The highest BCUT2D eigenvalue weighted by Gasteiger charge is 2.51. The maximum absolute atomic E-state index is 13.6. The number of rotatable bonds is 6. The van der Waals surface area contributed by atoms with Crippen molar-refractivity contribution >= 4 is 30.4 Å². The molecule has 0 spiro atoms. The van der Waals surface area contributed by atoms with Gasteiger partial charge in [-0.25, -0.2) is 4.79 Å². The van der Waals surface area contributed by atoms with Crippen LogP contribution in [0.3, 0.4) is 0 Å². The Kier molecular flexibility index (Phi) is 7.10. The molecule has 1 aliphatic carbocycles. The summed E-state index contributed by atoms with van der Waals surface area (Å²) < 4.78 is 19.3. The van der Waals surface area contributed by atoms with Gasteiger partial charge in [-0.15, -0.1) is 5.10 Å². The van der Waals surface area contributed by atoms with E-state index in [1.807, 2.05) is 86.6 Å². The predicted octanol–water partition coefficient (Wildman–Crippen LogP) is 5.22. The van der Waals surface area contributed by atoms with Gasteiger partial charge >= 0.3 is 13.2 Å². The minimum atomic E-state index is -0.641.